The van der Waals surface area contributed by atoms with Gasteiger partial charge in [0, 0.05) is 22.3 Å². The summed E-state index contributed by atoms with van der Waals surface area (Å²) in [5, 5.41) is 1.25. The van der Waals surface area contributed by atoms with Crippen molar-refractivity contribution >= 4 is 39.5 Å². The molecule has 1 saturated heterocycles. The number of piperidine rings is 1. The lowest BCUT2D eigenvalue weighted by Crippen LogP contribution is -2.32. The number of benzene rings is 3. The summed E-state index contributed by atoms with van der Waals surface area (Å²) in [4.78, 5) is 12.6. The second-order valence-electron chi connectivity index (χ2n) is 8.59. The van der Waals surface area contributed by atoms with Crippen LogP contribution in [0.1, 0.15) is 35.3 Å². The van der Waals surface area contributed by atoms with E-state index in [1.54, 1.807) is 0 Å². The number of rotatable bonds is 4. The minimum Gasteiger partial charge on any atom is -0.252 e. The van der Waals surface area contributed by atoms with Crippen molar-refractivity contribution in [3.8, 4) is 11.3 Å². The first-order valence-corrected chi connectivity index (χ1v) is 12.5. The SMILES string of the molecule is C(=C1C(c2ccccc2)=Nc2ccccc21)c1sc(N2CCCCC2)[nH+]c1-c1ccccc1. The van der Waals surface area contributed by atoms with Gasteiger partial charge in [-0.05, 0) is 42.7 Å². The molecule has 0 saturated carbocycles. The third-order valence-corrected chi connectivity index (χ3v) is 7.49. The summed E-state index contributed by atoms with van der Waals surface area (Å²) in [5.74, 6) is 0. The van der Waals surface area contributed by atoms with E-state index >= 15 is 0 Å². The molecule has 0 atom stereocenters. The van der Waals surface area contributed by atoms with E-state index < -0.39 is 0 Å². The fourth-order valence-electron chi connectivity index (χ4n) is 4.71. The minimum atomic E-state index is 1.04. The number of thiazole rings is 1. The molecule has 3 aromatic carbocycles. The van der Waals surface area contributed by atoms with Crippen LogP contribution in [-0.2, 0) is 0 Å². The summed E-state index contributed by atoms with van der Waals surface area (Å²) in [5.41, 5.74) is 8.03. The van der Waals surface area contributed by atoms with E-state index in [0.717, 1.165) is 30.1 Å². The van der Waals surface area contributed by atoms with E-state index in [0.29, 0.717) is 0 Å². The van der Waals surface area contributed by atoms with Crippen molar-refractivity contribution in [2.24, 2.45) is 4.99 Å². The molecule has 4 heteroatoms. The molecular formula is C29H26N3S+. The fraction of sp³-hybridized carbons (Fsp3) is 0.172. The molecule has 6 rings (SSSR count). The topological polar surface area (TPSA) is 29.7 Å². The highest BCUT2D eigenvalue weighted by Gasteiger charge is 2.27. The number of nitrogens with one attached hydrogen (secondary N) is 1. The molecule has 0 amide bonds. The molecular weight excluding hydrogens is 422 g/mol. The van der Waals surface area contributed by atoms with Crippen LogP contribution in [0.15, 0.2) is 89.9 Å². The third kappa shape index (κ3) is 3.91. The van der Waals surface area contributed by atoms with E-state index in [4.69, 9.17) is 4.99 Å². The van der Waals surface area contributed by atoms with E-state index in [9.17, 15) is 0 Å². The highest BCUT2D eigenvalue weighted by molar-refractivity contribution is 7.16. The molecule has 1 aromatic heterocycles. The number of hydrogen-bond acceptors (Lipinski definition) is 3. The summed E-state index contributed by atoms with van der Waals surface area (Å²) < 4.78 is 0. The van der Waals surface area contributed by atoms with Crippen molar-refractivity contribution in [2.75, 3.05) is 18.0 Å². The number of fused-ring (bicyclic) bond motifs is 1. The number of H-pyrrole nitrogens is 1. The lowest BCUT2D eigenvalue weighted by molar-refractivity contribution is -0.344. The van der Waals surface area contributed by atoms with Crippen LogP contribution in [0.3, 0.4) is 0 Å². The fourth-order valence-corrected chi connectivity index (χ4v) is 5.83. The predicted octanol–water partition coefficient (Wildman–Crippen LogP) is 6.89. The molecule has 0 bridgehead atoms. The minimum absolute atomic E-state index is 1.04. The number of para-hydroxylation sites is 1. The van der Waals surface area contributed by atoms with Gasteiger partial charge >= 0.3 is 5.13 Å². The first-order valence-electron chi connectivity index (χ1n) is 11.7. The summed E-state index contributed by atoms with van der Waals surface area (Å²) in [6.07, 6.45) is 6.20. The second-order valence-corrected chi connectivity index (χ2v) is 9.62. The summed E-state index contributed by atoms with van der Waals surface area (Å²) in [6.45, 7) is 2.25. The van der Waals surface area contributed by atoms with Gasteiger partial charge in [-0.1, -0.05) is 78.9 Å². The van der Waals surface area contributed by atoms with Crippen LogP contribution in [0.25, 0.3) is 22.9 Å². The first-order chi connectivity index (χ1) is 16.4. The molecule has 2 aliphatic heterocycles. The van der Waals surface area contributed by atoms with Gasteiger partial charge in [0.2, 0.25) is 0 Å². The number of hydrogen-bond donors (Lipinski definition) is 0. The zero-order chi connectivity index (χ0) is 22.0. The van der Waals surface area contributed by atoms with Gasteiger partial charge in [0.15, 0.2) is 5.69 Å². The Labute approximate surface area is 198 Å². The van der Waals surface area contributed by atoms with Gasteiger partial charge < -0.3 is 0 Å². The predicted molar refractivity (Wildman–Crippen MR) is 139 cm³/mol. The van der Waals surface area contributed by atoms with E-state index in [2.05, 4.69) is 101 Å². The molecule has 1 fully saturated rings. The molecule has 0 unspecified atom stereocenters. The Morgan fingerprint density at radius 2 is 1.42 bits per heavy atom. The Hall–Kier alpha value is -3.50. The van der Waals surface area contributed by atoms with E-state index in [1.807, 2.05) is 11.3 Å². The molecule has 2 aliphatic rings. The van der Waals surface area contributed by atoms with Crippen LogP contribution >= 0.6 is 11.3 Å². The molecule has 1 N–H and O–H groups in total. The maximum atomic E-state index is 5.03. The van der Waals surface area contributed by atoms with Crippen LogP contribution in [0.4, 0.5) is 10.8 Å². The molecule has 4 aromatic rings. The van der Waals surface area contributed by atoms with Crippen molar-refractivity contribution in [3.05, 3.63) is 101 Å². The van der Waals surface area contributed by atoms with Crippen molar-refractivity contribution in [1.82, 2.24) is 0 Å². The summed E-state index contributed by atoms with van der Waals surface area (Å²) in [6, 6.07) is 29.7. The van der Waals surface area contributed by atoms with Crippen molar-refractivity contribution < 1.29 is 4.98 Å². The highest BCUT2D eigenvalue weighted by atomic mass is 32.1. The molecule has 0 spiro atoms. The van der Waals surface area contributed by atoms with Crippen molar-refractivity contribution in [3.63, 3.8) is 0 Å². The average Bonchev–Trinajstić information content (AvgIpc) is 3.48. The Morgan fingerprint density at radius 3 is 2.18 bits per heavy atom. The van der Waals surface area contributed by atoms with E-state index in [-0.39, 0.29) is 0 Å². The molecule has 0 aliphatic carbocycles. The molecule has 3 heterocycles. The lowest BCUT2D eigenvalue weighted by Gasteiger charge is -2.18. The monoisotopic (exact) mass is 448 g/mol. The van der Waals surface area contributed by atoms with Gasteiger partial charge in [0.05, 0.1) is 29.4 Å². The van der Waals surface area contributed by atoms with Gasteiger partial charge in [0.1, 0.15) is 0 Å². The summed E-state index contributed by atoms with van der Waals surface area (Å²) >= 11 is 1.86. The van der Waals surface area contributed by atoms with Crippen LogP contribution in [0.2, 0.25) is 0 Å². The molecule has 162 valence electrons. The summed E-state index contributed by atoms with van der Waals surface area (Å²) in [7, 11) is 0. The molecule has 33 heavy (non-hydrogen) atoms. The first kappa shape index (κ1) is 20.1. The number of aliphatic imine (C=N–C) groups is 1. The van der Waals surface area contributed by atoms with Crippen LogP contribution < -0.4 is 9.88 Å². The zero-order valence-corrected chi connectivity index (χ0v) is 19.3. The van der Waals surface area contributed by atoms with Gasteiger partial charge in [0.25, 0.3) is 0 Å². The third-order valence-electron chi connectivity index (χ3n) is 6.39. The highest BCUT2D eigenvalue weighted by Crippen LogP contribution is 2.40. The van der Waals surface area contributed by atoms with Crippen LogP contribution in [0, 0.1) is 0 Å². The van der Waals surface area contributed by atoms with E-state index in [1.165, 1.54) is 51.7 Å². The standard InChI is InChI=1S/C29H25N3S/c1-4-12-21(13-5-1)27-24(23-16-8-9-17-25(23)30-27)20-26-28(22-14-6-2-7-15-22)31-29(33-26)32-18-10-3-11-19-32/h1-2,4-9,12-17,20H,3,10-11,18-19H2/p+1. The Kier molecular flexibility index (Phi) is 5.37. The normalized spacial score (nSPS) is 16.7. The smallest absolute Gasteiger partial charge is 0.252 e. The van der Waals surface area contributed by atoms with Crippen LogP contribution in [0.5, 0.6) is 0 Å². The van der Waals surface area contributed by atoms with Crippen molar-refractivity contribution in [2.45, 2.75) is 19.3 Å². The second kappa shape index (κ2) is 8.80. The maximum absolute atomic E-state index is 5.03. The molecule has 0 radical (unpaired) electrons. The number of aromatic nitrogens is 1. The van der Waals surface area contributed by atoms with Gasteiger partial charge in [-0.2, -0.15) is 0 Å². The van der Waals surface area contributed by atoms with Gasteiger partial charge in [-0.3, -0.25) is 4.90 Å². The Morgan fingerprint density at radius 1 is 0.758 bits per heavy atom. The average molecular weight is 449 g/mol. The Bertz CT molecular complexity index is 1330. The maximum Gasteiger partial charge on any atom is 0.334 e. The number of nitrogens with zero attached hydrogens (tertiary/aromatic N) is 2. The van der Waals surface area contributed by atoms with Crippen LogP contribution in [-0.4, -0.2) is 18.8 Å². The quantitative estimate of drug-likeness (QED) is 0.334. The number of aromatic amines is 1. The van der Waals surface area contributed by atoms with Crippen molar-refractivity contribution in [1.29, 1.82) is 0 Å². The van der Waals surface area contributed by atoms with Gasteiger partial charge in [-0.15, -0.1) is 0 Å². The number of anilines is 1. The largest absolute Gasteiger partial charge is 0.334 e. The zero-order valence-electron chi connectivity index (χ0n) is 18.5. The lowest BCUT2D eigenvalue weighted by atomic mass is 9.97. The molecule has 3 nitrogen and oxygen atoms in total. The van der Waals surface area contributed by atoms with Gasteiger partial charge in [-0.25, -0.2) is 9.98 Å². The Balaban J connectivity index is 1.51. The number of allylic oxidation sites excluding steroid dienone is 1.